The van der Waals surface area contributed by atoms with Crippen LogP contribution >= 0.6 is 0 Å². The lowest BCUT2D eigenvalue weighted by Crippen LogP contribution is -2.40. The first-order valence-electron chi connectivity index (χ1n) is 7.02. The van der Waals surface area contributed by atoms with E-state index < -0.39 is 11.4 Å². The molecule has 2 aliphatic heterocycles. The third kappa shape index (κ3) is 2.15. The molecule has 0 bridgehead atoms. The summed E-state index contributed by atoms with van der Waals surface area (Å²) in [4.78, 5) is 13.9. The predicted molar refractivity (Wildman–Crippen MR) is 78.2 cm³/mol. The molecule has 3 rings (SSSR count). The number of rotatable bonds is 4. The maximum Gasteiger partial charge on any atom is 0.312 e. The van der Waals surface area contributed by atoms with Crippen molar-refractivity contribution in [3.05, 3.63) is 42.0 Å². The first-order valence-corrected chi connectivity index (χ1v) is 7.02. The number of benzene rings is 1. The van der Waals surface area contributed by atoms with E-state index in [1.54, 1.807) is 0 Å². The standard InChI is InChI=1S/C16H20N2O2/c1-2-12-4-3-5-13(6-12)8-18-9-14-7-17-10-16(14,11-18)15(19)20/h2-6,14,17H,1,7-11H2,(H,19,20)/t14-,16-/m0/s1. The van der Waals surface area contributed by atoms with Crippen LogP contribution in [0.15, 0.2) is 30.8 Å². The number of nitrogens with zero attached hydrogens (tertiary/aromatic N) is 1. The number of fused-ring (bicyclic) bond motifs is 1. The van der Waals surface area contributed by atoms with E-state index in [4.69, 9.17) is 0 Å². The normalized spacial score (nSPS) is 29.3. The monoisotopic (exact) mass is 272 g/mol. The third-order valence-corrected chi connectivity index (χ3v) is 4.62. The fraction of sp³-hybridized carbons (Fsp3) is 0.438. The zero-order valence-corrected chi connectivity index (χ0v) is 11.5. The third-order valence-electron chi connectivity index (χ3n) is 4.62. The van der Waals surface area contributed by atoms with Gasteiger partial charge in [-0.1, -0.05) is 36.9 Å². The van der Waals surface area contributed by atoms with Gasteiger partial charge in [0.25, 0.3) is 0 Å². The van der Waals surface area contributed by atoms with E-state index in [0.29, 0.717) is 13.1 Å². The van der Waals surface area contributed by atoms with Gasteiger partial charge in [0.15, 0.2) is 0 Å². The van der Waals surface area contributed by atoms with Crippen LogP contribution in [0.3, 0.4) is 0 Å². The molecule has 2 fully saturated rings. The second kappa shape index (κ2) is 5.04. The lowest BCUT2D eigenvalue weighted by molar-refractivity contribution is -0.148. The minimum atomic E-state index is -0.658. The van der Waals surface area contributed by atoms with Crippen molar-refractivity contribution >= 4 is 12.0 Å². The molecule has 2 saturated heterocycles. The van der Waals surface area contributed by atoms with Crippen molar-refractivity contribution in [3.63, 3.8) is 0 Å². The summed E-state index contributed by atoms with van der Waals surface area (Å²) in [6, 6.07) is 8.26. The van der Waals surface area contributed by atoms with E-state index >= 15 is 0 Å². The number of likely N-dealkylation sites (tertiary alicyclic amines) is 1. The Bertz CT molecular complexity index is 543. The van der Waals surface area contributed by atoms with E-state index in [1.165, 1.54) is 5.56 Å². The summed E-state index contributed by atoms with van der Waals surface area (Å²) in [7, 11) is 0. The molecule has 1 aromatic carbocycles. The molecule has 2 heterocycles. The minimum Gasteiger partial charge on any atom is -0.481 e. The number of nitrogens with one attached hydrogen (secondary N) is 1. The van der Waals surface area contributed by atoms with Gasteiger partial charge in [0, 0.05) is 38.6 Å². The largest absolute Gasteiger partial charge is 0.481 e. The van der Waals surface area contributed by atoms with E-state index in [1.807, 2.05) is 18.2 Å². The summed E-state index contributed by atoms with van der Waals surface area (Å²) in [6.07, 6.45) is 1.84. The lowest BCUT2D eigenvalue weighted by Gasteiger charge is -2.22. The Labute approximate surface area is 119 Å². The van der Waals surface area contributed by atoms with Crippen molar-refractivity contribution in [1.29, 1.82) is 0 Å². The predicted octanol–water partition coefficient (Wildman–Crippen LogP) is 1.44. The van der Waals surface area contributed by atoms with Crippen molar-refractivity contribution < 1.29 is 9.90 Å². The van der Waals surface area contributed by atoms with Gasteiger partial charge in [-0.25, -0.2) is 0 Å². The summed E-state index contributed by atoms with van der Waals surface area (Å²) in [5.74, 6) is -0.433. The van der Waals surface area contributed by atoms with Gasteiger partial charge in [-0.2, -0.15) is 0 Å². The van der Waals surface area contributed by atoms with E-state index in [9.17, 15) is 9.90 Å². The number of carboxylic acid groups (broad SMARTS) is 1. The van der Waals surface area contributed by atoms with Gasteiger partial charge in [0.1, 0.15) is 0 Å². The van der Waals surface area contributed by atoms with Crippen molar-refractivity contribution in [2.24, 2.45) is 11.3 Å². The second-order valence-corrected chi connectivity index (χ2v) is 5.91. The van der Waals surface area contributed by atoms with Crippen LogP contribution in [-0.4, -0.2) is 42.2 Å². The van der Waals surface area contributed by atoms with E-state index in [0.717, 1.165) is 25.2 Å². The molecule has 2 N–H and O–H groups in total. The van der Waals surface area contributed by atoms with E-state index in [2.05, 4.69) is 28.9 Å². The van der Waals surface area contributed by atoms with Crippen LogP contribution < -0.4 is 5.32 Å². The van der Waals surface area contributed by atoms with Crippen LogP contribution in [0.2, 0.25) is 0 Å². The highest BCUT2D eigenvalue weighted by atomic mass is 16.4. The Morgan fingerprint density at radius 2 is 2.45 bits per heavy atom. The van der Waals surface area contributed by atoms with Crippen LogP contribution in [0.4, 0.5) is 0 Å². The number of hydrogen-bond acceptors (Lipinski definition) is 3. The highest BCUT2D eigenvalue weighted by Gasteiger charge is 2.54. The maximum atomic E-state index is 11.6. The van der Waals surface area contributed by atoms with Crippen LogP contribution in [0.25, 0.3) is 6.08 Å². The number of carbonyl (C=O) groups is 1. The summed E-state index contributed by atoms with van der Waals surface area (Å²) in [6.45, 7) is 7.50. The Morgan fingerprint density at radius 1 is 1.60 bits per heavy atom. The highest BCUT2D eigenvalue weighted by molar-refractivity contribution is 5.77. The van der Waals surface area contributed by atoms with Crippen molar-refractivity contribution in [3.8, 4) is 0 Å². The number of aliphatic carboxylic acids is 1. The SMILES string of the molecule is C=Cc1cccc(CN2C[C@@H]3CNC[C@]3(C(=O)O)C2)c1. The zero-order valence-electron chi connectivity index (χ0n) is 11.5. The molecule has 20 heavy (non-hydrogen) atoms. The molecule has 0 saturated carbocycles. The van der Waals surface area contributed by atoms with Crippen molar-refractivity contribution in [2.75, 3.05) is 26.2 Å². The fourth-order valence-corrected chi connectivity index (χ4v) is 3.52. The van der Waals surface area contributed by atoms with Crippen LogP contribution in [-0.2, 0) is 11.3 Å². The molecule has 2 aliphatic rings. The minimum absolute atomic E-state index is 0.225. The topological polar surface area (TPSA) is 52.6 Å². The van der Waals surface area contributed by atoms with Crippen molar-refractivity contribution in [1.82, 2.24) is 10.2 Å². The fourth-order valence-electron chi connectivity index (χ4n) is 3.52. The average molecular weight is 272 g/mol. The number of hydrogen-bond donors (Lipinski definition) is 2. The Morgan fingerprint density at radius 3 is 3.15 bits per heavy atom. The van der Waals surface area contributed by atoms with Gasteiger partial charge in [-0.15, -0.1) is 0 Å². The molecule has 0 aliphatic carbocycles. The van der Waals surface area contributed by atoms with Crippen molar-refractivity contribution in [2.45, 2.75) is 6.54 Å². The van der Waals surface area contributed by atoms with E-state index in [-0.39, 0.29) is 5.92 Å². The first-order chi connectivity index (χ1) is 9.64. The van der Waals surface area contributed by atoms with Gasteiger partial charge < -0.3 is 10.4 Å². The quantitative estimate of drug-likeness (QED) is 0.871. The molecule has 2 atom stereocenters. The van der Waals surface area contributed by atoms with Crippen LogP contribution in [0.1, 0.15) is 11.1 Å². The molecular formula is C16H20N2O2. The molecule has 106 valence electrons. The van der Waals surface area contributed by atoms with Crippen LogP contribution in [0, 0.1) is 11.3 Å². The zero-order chi connectivity index (χ0) is 14.2. The molecule has 0 aromatic heterocycles. The summed E-state index contributed by atoms with van der Waals surface area (Å²) in [5.41, 5.74) is 1.74. The average Bonchev–Trinajstić information content (AvgIpc) is 2.96. The van der Waals surface area contributed by atoms with Gasteiger partial charge in [-0.05, 0) is 11.1 Å². The Kier molecular flexibility index (Phi) is 3.36. The summed E-state index contributed by atoms with van der Waals surface area (Å²) in [5, 5.41) is 12.8. The highest BCUT2D eigenvalue weighted by Crippen LogP contribution is 2.39. The Hall–Kier alpha value is -1.65. The second-order valence-electron chi connectivity index (χ2n) is 5.91. The summed E-state index contributed by atoms with van der Waals surface area (Å²) < 4.78 is 0. The molecular weight excluding hydrogens is 252 g/mol. The molecule has 0 unspecified atom stereocenters. The smallest absolute Gasteiger partial charge is 0.312 e. The molecule has 1 aromatic rings. The molecule has 0 spiro atoms. The lowest BCUT2D eigenvalue weighted by atomic mass is 9.81. The molecule has 4 nitrogen and oxygen atoms in total. The molecule has 4 heteroatoms. The molecule has 0 amide bonds. The summed E-state index contributed by atoms with van der Waals surface area (Å²) >= 11 is 0. The Balaban J connectivity index is 1.74. The van der Waals surface area contributed by atoms with Gasteiger partial charge >= 0.3 is 5.97 Å². The molecule has 0 radical (unpaired) electrons. The first kappa shape index (κ1) is 13.3. The van der Waals surface area contributed by atoms with Gasteiger partial charge in [-0.3, -0.25) is 9.69 Å². The van der Waals surface area contributed by atoms with Crippen LogP contribution in [0.5, 0.6) is 0 Å². The number of carboxylic acids is 1. The van der Waals surface area contributed by atoms with Gasteiger partial charge in [0.2, 0.25) is 0 Å². The van der Waals surface area contributed by atoms with Gasteiger partial charge in [0.05, 0.1) is 5.41 Å². The maximum absolute atomic E-state index is 11.6.